The molecule has 17 nitrogen and oxygen atoms in total. The molecule has 4 atom stereocenters. The molecular weight excluding hydrogens is 1020 g/mol. The number of carbonyl (C=O) groups excluding carboxylic acids is 2. The molecule has 0 radical (unpaired) electrons. The summed E-state index contributed by atoms with van der Waals surface area (Å²) >= 11 is 1.61. The molecule has 5 aliphatic heterocycles. The summed E-state index contributed by atoms with van der Waals surface area (Å²) in [5.41, 5.74) is 6.83. The number of likely N-dealkylation sites (tertiary alicyclic amines) is 1. The second kappa shape index (κ2) is 23.9. The fourth-order valence-electron chi connectivity index (χ4n) is 12.2. The van der Waals surface area contributed by atoms with E-state index in [4.69, 9.17) is 24.2 Å². The first-order valence-corrected chi connectivity index (χ1v) is 29.3. The van der Waals surface area contributed by atoms with E-state index in [0.29, 0.717) is 66.6 Å². The first kappa shape index (κ1) is 54.2. The van der Waals surface area contributed by atoms with Gasteiger partial charge in [0.15, 0.2) is 11.6 Å². The van der Waals surface area contributed by atoms with Crippen molar-refractivity contribution < 1.29 is 28.3 Å². The van der Waals surface area contributed by atoms with Gasteiger partial charge in [0.25, 0.3) is 0 Å². The third-order valence-corrected chi connectivity index (χ3v) is 17.2. The van der Waals surface area contributed by atoms with Crippen LogP contribution in [0.2, 0.25) is 0 Å². The molecule has 2 bridgehead atoms. The quantitative estimate of drug-likeness (QED) is 0.0837. The van der Waals surface area contributed by atoms with E-state index in [1.165, 1.54) is 6.42 Å². The minimum Gasteiger partial charge on any atom is -0.508 e. The number of hydrogen-bond acceptors (Lipinski definition) is 16. The van der Waals surface area contributed by atoms with Gasteiger partial charge in [-0.2, -0.15) is 9.97 Å². The molecule has 4 aromatic heterocycles. The molecular formula is C60H73FN12O5S. The smallest absolute Gasteiger partial charge is 0.319 e. The Morgan fingerprint density at radius 1 is 0.924 bits per heavy atom. The Kier molecular flexibility index (Phi) is 16.4. The Morgan fingerprint density at radius 2 is 1.68 bits per heavy atom. The number of ether oxygens (including phenoxy) is 1. The van der Waals surface area contributed by atoms with Gasteiger partial charge in [0.05, 0.1) is 33.9 Å². The lowest BCUT2D eigenvalue weighted by atomic mass is 9.95. The summed E-state index contributed by atoms with van der Waals surface area (Å²) in [7, 11) is 0. The van der Waals surface area contributed by atoms with E-state index in [-0.39, 0.29) is 47.2 Å². The van der Waals surface area contributed by atoms with Gasteiger partial charge in [0.2, 0.25) is 11.8 Å². The summed E-state index contributed by atoms with van der Waals surface area (Å²) in [6.45, 7) is 19.8. The van der Waals surface area contributed by atoms with Crippen molar-refractivity contribution in [2.75, 3.05) is 88.4 Å². The predicted molar refractivity (Wildman–Crippen MR) is 307 cm³/mol. The third kappa shape index (κ3) is 11.8. The molecule has 7 aromatic rings. The van der Waals surface area contributed by atoms with E-state index in [2.05, 4.69) is 73.3 Å². The van der Waals surface area contributed by atoms with Gasteiger partial charge in [0.1, 0.15) is 41.2 Å². The van der Waals surface area contributed by atoms with Gasteiger partial charge in [-0.1, -0.05) is 74.8 Å². The highest BCUT2D eigenvalue weighted by molar-refractivity contribution is 7.13. The van der Waals surface area contributed by atoms with Crippen LogP contribution in [0.4, 0.5) is 16.0 Å². The number of phenolic OH excluding ortho intramolecular Hbond substituents is 1. The maximum atomic E-state index is 17.1. The number of hydrogen-bond donors (Lipinski definition) is 3. The standard InChI is InChI=1S/C57H65FN12O5S.C3H8/c1-4-37-7-5-8-40-23-43(71)24-45(50(37)40)52-51(58)53-46(27-59-52)55(69-31-41-14-15-42(32-69)62-41)64-57(63-53)74-22-21-66-17-19-67(20-18-66)28-36-29-68(30-36)48-25-44(75-65-48)26-49(72)70-16-6-9-47(70)56(73)61-34(2)38-10-12-39(13-11-38)54-35(3)60-33-76-54;1-3-2/h5,7-8,10-13,23-25,27,33-34,36,41-42,47,62,71H,4,6,9,14-22,26,28-32H2,1-3H3,(H,61,73);3H2,1-2H3. The minimum absolute atomic E-state index is 0.0463. The van der Waals surface area contributed by atoms with E-state index >= 15 is 4.39 Å². The van der Waals surface area contributed by atoms with E-state index in [1.54, 1.807) is 34.6 Å². The average Bonchev–Trinajstić information content (AvgIpc) is 4.41. The lowest BCUT2D eigenvalue weighted by Crippen LogP contribution is -2.55. The molecule has 3 aromatic carbocycles. The van der Waals surface area contributed by atoms with Crippen LogP contribution in [-0.4, -0.2) is 153 Å². The van der Waals surface area contributed by atoms with Crippen LogP contribution in [0.3, 0.4) is 0 Å². The van der Waals surface area contributed by atoms with Crippen molar-refractivity contribution >= 4 is 56.5 Å². The number of aromatic nitrogens is 5. The highest BCUT2D eigenvalue weighted by atomic mass is 32.1. The van der Waals surface area contributed by atoms with Crippen LogP contribution in [0.5, 0.6) is 11.8 Å². The maximum absolute atomic E-state index is 17.1. The van der Waals surface area contributed by atoms with Crippen LogP contribution in [-0.2, 0) is 22.4 Å². The topological polar surface area (TPSA) is 181 Å². The summed E-state index contributed by atoms with van der Waals surface area (Å²) in [5, 5.41) is 24.1. The Bertz CT molecular complexity index is 3270. The molecule has 0 spiro atoms. The Balaban J connectivity index is 0.00000215. The number of phenols is 1. The highest BCUT2D eigenvalue weighted by Gasteiger charge is 2.37. The summed E-state index contributed by atoms with van der Waals surface area (Å²) in [5.74, 6) is 1.57. The molecule has 0 aliphatic carbocycles. The minimum atomic E-state index is -0.563. The Labute approximate surface area is 465 Å². The maximum Gasteiger partial charge on any atom is 0.319 e. The molecule has 2 amide bonds. The molecule has 9 heterocycles. The number of amides is 2. The number of carbonyl (C=O) groups is 2. The first-order valence-electron chi connectivity index (χ1n) is 28.4. The summed E-state index contributed by atoms with van der Waals surface area (Å²) in [6, 6.07) is 19.4. The molecule has 79 heavy (non-hydrogen) atoms. The number of benzene rings is 3. The van der Waals surface area contributed by atoms with Gasteiger partial charge >= 0.3 is 6.01 Å². The SMILES string of the molecule is CCC.CCc1cccc2cc(O)cc(-c3ncc4c(N5CC6CCC(C5)N6)nc(OCCN5CCN(CC6CN(c7cc(CC(=O)N8CCCC8C(=O)NC(C)c8ccc(-c9scnc9C)cc8)on7)C6)CC5)nc4c3F)c12. The fourth-order valence-corrected chi connectivity index (χ4v) is 13.0. The second-order valence-corrected chi connectivity index (χ2v) is 22.9. The van der Waals surface area contributed by atoms with Crippen molar-refractivity contribution in [3.05, 3.63) is 101 Å². The van der Waals surface area contributed by atoms with Crippen LogP contribution < -0.4 is 25.2 Å². The number of thiazole rings is 1. The van der Waals surface area contributed by atoms with Crippen LogP contribution in [0.25, 0.3) is 43.4 Å². The molecule has 5 aliphatic rings. The van der Waals surface area contributed by atoms with Crippen molar-refractivity contribution in [3.8, 4) is 33.5 Å². The number of anilines is 2. The number of piperazine rings is 2. The largest absolute Gasteiger partial charge is 0.508 e. The number of pyridine rings is 1. The van der Waals surface area contributed by atoms with Gasteiger partial charge < -0.3 is 44.6 Å². The predicted octanol–water partition coefficient (Wildman–Crippen LogP) is 8.57. The average molecular weight is 1090 g/mol. The zero-order valence-electron chi connectivity index (χ0n) is 46.1. The van der Waals surface area contributed by atoms with Gasteiger partial charge in [-0.15, -0.1) is 11.3 Å². The molecule has 4 unspecified atom stereocenters. The van der Waals surface area contributed by atoms with Crippen LogP contribution in [0.15, 0.2) is 76.9 Å². The summed E-state index contributed by atoms with van der Waals surface area (Å²) in [4.78, 5) is 58.0. The second-order valence-electron chi connectivity index (χ2n) is 22.1. The summed E-state index contributed by atoms with van der Waals surface area (Å²) < 4.78 is 29.1. The van der Waals surface area contributed by atoms with Crippen molar-refractivity contribution in [1.29, 1.82) is 0 Å². The lowest BCUT2D eigenvalue weighted by molar-refractivity contribution is -0.138. The molecule has 5 fully saturated rings. The number of aromatic hydroxyl groups is 1. The van der Waals surface area contributed by atoms with Crippen LogP contribution >= 0.6 is 11.3 Å². The fraction of sp³-hybridized carbons (Fsp3) is 0.483. The van der Waals surface area contributed by atoms with Crippen molar-refractivity contribution in [2.24, 2.45) is 5.92 Å². The van der Waals surface area contributed by atoms with Gasteiger partial charge in [-0.25, -0.2) is 9.37 Å². The molecule has 5 saturated heterocycles. The van der Waals surface area contributed by atoms with Crippen LogP contribution in [0, 0.1) is 18.7 Å². The number of fused-ring (bicyclic) bond motifs is 4. The number of rotatable bonds is 16. The Hall–Kier alpha value is -6.80. The zero-order valence-corrected chi connectivity index (χ0v) is 46.9. The molecule has 3 N–H and O–H groups in total. The third-order valence-electron chi connectivity index (χ3n) is 16.3. The summed E-state index contributed by atoms with van der Waals surface area (Å²) in [6.07, 6.45) is 7.31. The van der Waals surface area contributed by atoms with E-state index < -0.39 is 11.9 Å². The van der Waals surface area contributed by atoms with E-state index in [0.717, 1.165) is 128 Å². The normalized spacial score (nSPS) is 20.1. The zero-order chi connectivity index (χ0) is 54.7. The Morgan fingerprint density at radius 3 is 2.42 bits per heavy atom. The number of nitrogens with one attached hydrogen (secondary N) is 2. The number of aryl methyl sites for hydroxylation is 2. The van der Waals surface area contributed by atoms with Crippen molar-refractivity contribution in [1.82, 2.24) is 50.4 Å². The lowest BCUT2D eigenvalue weighted by Gasteiger charge is -2.43. The molecule has 0 saturated carbocycles. The van der Waals surface area contributed by atoms with E-state index in [1.807, 2.05) is 55.8 Å². The van der Waals surface area contributed by atoms with Gasteiger partial charge in [-0.3, -0.25) is 19.5 Å². The first-order chi connectivity index (χ1) is 38.4. The van der Waals surface area contributed by atoms with Crippen molar-refractivity contribution in [2.45, 2.75) is 104 Å². The number of nitrogens with zero attached hydrogens (tertiary/aromatic N) is 10. The van der Waals surface area contributed by atoms with Gasteiger partial charge in [-0.05, 0) is 85.5 Å². The monoisotopic (exact) mass is 1090 g/mol. The molecule has 416 valence electrons. The van der Waals surface area contributed by atoms with E-state index in [9.17, 15) is 14.7 Å². The highest BCUT2D eigenvalue weighted by Crippen LogP contribution is 2.39. The molecule has 12 rings (SSSR count). The number of halogens is 1. The molecule has 19 heteroatoms. The van der Waals surface area contributed by atoms with Gasteiger partial charge in [0, 0.05) is 108 Å². The van der Waals surface area contributed by atoms with Crippen molar-refractivity contribution in [3.63, 3.8) is 0 Å². The van der Waals surface area contributed by atoms with Crippen LogP contribution in [0.1, 0.15) is 88.4 Å².